The second-order valence-corrected chi connectivity index (χ2v) is 8.77. The van der Waals surface area contributed by atoms with Crippen LogP contribution < -0.4 is 5.56 Å². The number of amides is 1. The summed E-state index contributed by atoms with van der Waals surface area (Å²) >= 11 is 0. The summed E-state index contributed by atoms with van der Waals surface area (Å²) in [6, 6.07) is 1.83. The highest BCUT2D eigenvalue weighted by Gasteiger charge is 2.27. The minimum atomic E-state index is 0.0768. The van der Waals surface area contributed by atoms with Gasteiger partial charge in [0.1, 0.15) is 0 Å². The number of likely N-dealkylation sites (tertiary alicyclic amines) is 2. The Labute approximate surface area is 161 Å². The largest absolute Gasteiger partial charge is 0.345 e. The summed E-state index contributed by atoms with van der Waals surface area (Å²) in [6.45, 7) is 4.95. The van der Waals surface area contributed by atoms with Gasteiger partial charge in [-0.15, -0.1) is 0 Å². The van der Waals surface area contributed by atoms with Crippen LogP contribution in [0.15, 0.2) is 10.9 Å². The van der Waals surface area contributed by atoms with Crippen LogP contribution in [0, 0.1) is 11.8 Å². The van der Waals surface area contributed by atoms with E-state index in [-0.39, 0.29) is 11.5 Å². The normalized spacial score (nSPS) is 24.9. The fourth-order valence-corrected chi connectivity index (χ4v) is 4.94. The molecule has 1 amide bonds. The fourth-order valence-electron chi connectivity index (χ4n) is 4.94. The van der Waals surface area contributed by atoms with Crippen molar-refractivity contribution < 1.29 is 4.79 Å². The first-order valence-corrected chi connectivity index (χ1v) is 10.6. The Morgan fingerprint density at radius 1 is 1.00 bits per heavy atom. The summed E-state index contributed by atoms with van der Waals surface area (Å²) in [4.78, 5) is 28.5. The van der Waals surface area contributed by atoms with Crippen LogP contribution >= 0.6 is 0 Å². The van der Waals surface area contributed by atoms with Gasteiger partial charge >= 0.3 is 0 Å². The van der Waals surface area contributed by atoms with E-state index in [1.807, 2.05) is 18.0 Å². The summed E-state index contributed by atoms with van der Waals surface area (Å²) in [6.07, 6.45) is 8.40. The first-order chi connectivity index (χ1) is 13.1. The third kappa shape index (κ3) is 4.42. The van der Waals surface area contributed by atoms with Gasteiger partial charge in [-0.05, 0) is 75.4 Å². The van der Waals surface area contributed by atoms with E-state index in [1.165, 1.54) is 18.4 Å². The maximum atomic E-state index is 12.4. The predicted molar refractivity (Wildman–Crippen MR) is 105 cm³/mol. The first kappa shape index (κ1) is 18.7. The molecule has 2 saturated heterocycles. The highest BCUT2D eigenvalue weighted by atomic mass is 16.2. The van der Waals surface area contributed by atoms with Crippen molar-refractivity contribution in [3.63, 3.8) is 0 Å². The monoisotopic (exact) mass is 372 g/mol. The van der Waals surface area contributed by atoms with Gasteiger partial charge in [0.25, 0.3) is 5.56 Å². The maximum absolute atomic E-state index is 12.4. The summed E-state index contributed by atoms with van der Waals surface area (Å²) < 4.78 is 1.73. The molecule has 2 aliphatic heterocycles. The molecule has 6 nitrogen and oxygen atoms in total. The molecule has 3 heterocycles. The van der Waals surface area contributed by atoms with Crippen LogP contribution in [-0.2, 0) is 24.2 Å². The Morgan fingerprint density at radius 2 is 1.78 bits per heavy atom. The lowest BCUT2D eigenvalue weighted by atomic mass is 9.93. The van der Waals surface area contributed by atoms with Crippen molar-refractivity contribution in [2.75, 3.05) is 33.2 Å². The summed E-state index contributed by atoms with van der Waals surface area (Å²) in [5.74, 6) is 1.44. The van der Waals surface area contributed by atoms with E-state index in [9.17, 15) is 9.59 Å². The number of carbonyl (C=O) groups excluding carboxylic acids is 1. The van der Waals surface area contributed by atoms with Gasteiger partial charge < -0.3 is 9.80 Å². The van der Waals surface area contributed by atoms with Crippen molar-refractivity contribution in [1.82, 2.24) is 19.6 Å². The van der Waals surface area contributed by atoms with Gasteiger partial charge in [-0.2, -0.15) is 5.10 Å². The minimum Gasteiger partial charge on any atom is -0.345 e. The number of aryl methyl sites for hydroxylation is 2. The maximum Gasteiger partial charge on any atom is 0.267 e. The molecule has 1 atom stereocenters. The Balaban J connectivity index is 1.28. The molecule has 0 aromatic carbocycles. The molecule has 4 rings (SSSR count). The molecule has 0 radical (unpaired) electrons. The van der Waals surface area contributed by atoms with Crippen molar-refractivity contribution in [2.24, 2.45) is 11.8 Å². The quantitative estimate of drug-likeness (QED) is 0.807. The van der Waals surface area contributed by atoms with Gasteiger partial charge in [0.15, 0.2) is 0 Å². The van der Waals surface area contributed by atoms with Crippen LogP contribution in [0.2, 0.25) is 0 Å². The van der Waals surface area contributed by atoms with E-state index in [0.717, 1.165) is 70.5 Å². The lowest BCUT2D eigenvalue weighted by Gasteiger charge is -2.37. The molecule has 2 fully saturated rings. The fraction of sp³-hybridized carbons (Fsp3) is 0.762. The van der Waals surface area contributed by atoms with Gasteiger partial charge in [-0.25, -0.2) is 4.68 Å². The van der Waals surface area contributed by atoms with Crippen LogP contribution in [0.1, 0.15) is 49.8 Å². The number of hydrogen-bond acceptors (Lipinski definition) is 4. The molecule has 148 valence electrons. The first-order valence-electron chi connectivity index (χ1n) is 10.6. The number of carbonyl (C=O) groups is 1. The van der Waals surface area contributed by atoms with Crippen LogP contribution in [0.25, 0.3) is 0 Å². The average molecular weight is 373 g/mol. The molecular weight excluding hydrogens is 340 g/mol. The van der Waals surface area contributed by atoms with Gasteiger partial charge in [-0.3, -0.25) is 9.59 Å². The highest BCUT2D eigenvalue weighted by molar-refractivity contribution is 5.76. The number of aromatic nitrogens is 2. The number of fused-ring (bicyclic) bond motifs is 1. The van der Waals surface area contributed by atoms with Gasteiger partial charge in [-0.1, -0.05) is 0 Å². The average Bonchev–Trinajstić information content (AvgIpc) is 2.67. The number of hydrogen-bond donors (Lipinski definition) is 0. The second kappa shape index (κ2) is 8.13. The van der Waals surface area contributed by atoms with Crippen LogP contribution in [0.5, 0.6) is 0 Å². The third-order valence-corrected chi connectivity index (χ3v) is 6.65. The van der Waals surface area contributed by atoms with E-state index in [1.54, 1.807) is 4.68 Å². The number of piperidine rings is 2. The third-order valence-electron chi connectivity index (χ3n) is 6.65. The Bertz CT molecular complexity index is 736. The predicted octanol–water partition coefficient (Wildman–Crippen LogP) is 1.70. The second-order valence-electron chi connectivity index (χ2n) is 8.77. The molecule has 0 N–H and O–H groups in total. The standard InChI is InChI=1S/C21H32N4O2/c1-23-13-17(6-7-20(23)26)14-24-10-8-16(9-11-24)15-25-21(27)12-18-4-2-3-5-19(18)22-25/h12,16-17H,2-11,13-15H2,1H3. The Kier molecular flexibility index (Phi) is 5.62. The van der Waals surface area contributed by atoms with Gasteiger partial charge in [0.05, 0.1) is 5.69 Å². The zero-order chi connectivity index (χ0) is 18.8. The Hall–Kier alpha value is -1.69. The summed E-state index contributed by atoms with van der Waals surface area (Å²) in [5, 5.41) is 4.69. The zero-order valence-corrected chi connectivity index (χ0v) is 16.5. The lowest BCUT2D eigenvalue weighted by Crippen LogP contribution is -2.44. The van der Waals surface area contributed by atoms with E-state index >= 15 is 0 Å². The smallest absolute Gasteiger partial charge is 0.267 e. The minimum absolute atomic E-state index is 0.0768. The summed E-state index contributed by atoms with van der Waals surface area (Å²) in [7, 11) is 1.92. The molecule has 6 heteroatoms. The van der Waals surface area contributed by atoms with Crippen LogP contribution in [-0.4, -0.2) is 58.7 Å². The molecule has 1 aromatic heterocycles. The number of nitrogens with zero attached hydrogens (tertiary/aromatic N) is 4. The van der Waals surface area contributed by atoms with Crippen LogP contribution in [0.3, 0.4) is 0 Å². The number of rotatable bonds is 4. The highest BCUT2D eigenvalue weighted by Crippen LogP contribution is 2.23. The van der Waals surface area contributed by atoms with Crippen molar-refractivity contribution in [3.05, 3.63) is 27.7 Å². The van der Waals surface area contributed by atoms with Crippen molar-refractivity contribution in [3.8, 4) is 0 Å². The molecule has 0 saturated carbocycles. The molecule has 1 aliphatic carbocycles. The van der Waals surface area contributed by atoms with Crippen LogP contribution in [0.4, 0.5) is 0 Å². The van der Waals surface area contributed by atoms with E-state index in [0.29, 0.717) is 18.3 Å². The van der Waals surface area contributed by atoms with E-state index < -0.39 is 0 Å². The molecule has 0 bridgehead atoms. The summed E-state index contributed by atoms with van der Waals surface area (Å²) in [5.41, 5.74) is 2.40. The van der Waals surface area contributed by atoms with Crippen molar-refractivity contribution in [1.29, 1.82) is 0 Å². The molecular formula is C21H32N4O2. The van der Waals surface area contributed by atoms with Crippen molar-refractivity contribution in [2.45, 2.75) is 57.9 Å². The molecule has 3 aliphatic rings. The van der Waals surface area contributed by atoms with Gasteiger partial charge in [0.2, 0.25) is 5.91 Å². The molecule has 1 unspecified atom stereocenters. The van der Waals surface area contributed by atoms with Crippen molar-refractivity contribution >= 4 is 5.91 Å². The molecule has 27 heavy (non-hydrogen) atoms. The molecule has 1 aromatic rings. The van der Waals surface area contributed by atoms with E-state index in [4.69, 9.17) is 0 Å². The lowest BCUT2D eigenvalue weighted by molar-refractivity contribution is -0.133. The topological polar surface area (TPSA) is 58.4 Å². The van der Waals surface area contributed by atoms with E-state index in [2.05, 4.69) is 10.00 Å². The zero-order valence-electron chi connectivity index (χ0n) is 16.5. The molecule has 0 spiro atoms. The van der Waals surface area contributed by atoms with Gasteiger partial charge in [0, 0.05) is 39.2 Å². The Morgan fingerprint density at radius 3 is 2.56 bits per heavy atom. The SMILES string of the molecule is CN1CC(CN2CCC(Cn3nc4c(cc3=O)CCCC4)CC2)CCC1=O.